The largest absolute Gasteiger partial charge is 0.492 e. The van der Waals surface area contributed by atoms with Gasteiger partial charge >= 0.3 is 12.1 Å². The van der Waals surface area contributed by atoms with E-state index < -0.39 is 53.0 Å². The van der Waals surface area contributed by atoms with Gasteiger partial charge in [0.15, 0.2) is 5.82 Å². The highest BCUT2D eigenvalue weighted by Gasteiger charge is 2.61. The van der Waals surface area contributed by atoms with Gasteiger partial charge in [-0.15, -0.1) is 5.10 Å². The van der Waals surface area contributed by atoms with Crippen LogP contribution in [-0.2, 0) is 19.1 Å². The van der Waals surface area contributed by atoms with Gasteiger partial charge in [-0.3, -0.25) is 9.59 Å². The molecule has 1 saturated heterocycles. The van der Waals surface area contributed by atoms with Crippen molar-refractivity contribution in [2.75, 3.05) is 39.1 Å². The van der Waals surface area contributed by atoms with Crippen LogP contribution in [0.25, 0.3) is 16.7 Å². The van der Waals surface area contributed by atoms with Crippen molar-refractivity contribution in [3.05, 3.63) is 36.5 Å². The number of aliphatic carboxylic acids is 1. The summed E-state index contributed by atoms with van der Waals surface area (Å²) in [6, 6.07) is 7.21. The summed E-state index contributed by atoms with van der Waals surface area (Å²) in [5.74, 6) is 0.267. The predicted molar refractivity (Wildman–Crippen MR) is 223 cm³/mol. The second kappa shape index (κ2) is 17.6. The molecule has 0 bridgehead atoms. The lowest BCUT2D eigenvalue weighted by atomic mass is 9.85. The molecule has 0 radical (unpaired) electrons. The van der Waals surface area contributed by atoms with Crippen LogP contribution in [0.15, 0.2) is 36.5 Å². The van der Waals surface area contributed by atoms with Crippen molar-refractivity contribution < 1.29 is 38.5 Å². The van der Waals surface area contributed by atoms with Crippen molar-refractivity contribution in [3.8, 4) is 17.3 Å². The quantitative estimate of drug-likeness (QED) is 0.148. The number of benzene rings is 1. The molecule has 3 fully saturated rings. The minimum atomic E-state index is -1.40. The first-order chi connectivity index (χ1) is 27.9. The van der Waals surface area contributed by atoms with Crippen LogP contribution in [0.1, 0.15) is 87.0 Å². The van der Waals surface area contributed by atoms with Crippen molar-refractivity contribution in [3.63, 3.8) is 0 Å². The van der Waals surface area contributed by atoms with Crippen molar-refractivity contribution in [2.45, 2.75) is 123 Å². The fourth-order valence-electron chi connectivity index (χ4n) is 8.17. The SMILES string of the molecule is CC[C@@H]1C[C@]1(NC(=O)[C@@H]1C[C@@H](Oc2cc(-n3ccc(NC(C)C)n3)nc3cc(OCCN(C)C)ccc23)CN1C(=O)[C@@H](NC(=O)OC1CCC(C)C1)C(C)(C)C)C(=O)O. The average Bonchev–Trinajstić information content (AvgIpc) is 3.47. The van der Waals surface area contributed by atoms with E-state index in [4.69, 9.17) is 19.2 Å². The molecule has 2 aliphatic carbocycles. The number of pyridine rings is 1. The molecule has 16 heteroatoms. The third kappa shape index (κ3) is 10.2. The Labute approximate surface area is 346 Å². The molecule has 2 unspecified atom stereocenters. The zero-order valence-corrected chi connectivity index (χ0v) is 35.9. The molecule has 1 aromatic carbocycles. The molecule has 2 saturated carbocycles. The average molecular weight is 819 g/mol. The molecule has 2 aromatic heterocycles. The Morgan fingerprint density at radius 3 is 2.46 bits per heavy atom. The first-order valence-electron chi connectivity index (χ1n) is 20.9. The van der Waals surface area contributed by atoms with Gasteiger partial charge in [0.2, 0.25) is 11.8 Å². The lowest BCUT2D eigenvalue weighted by Gasteiger charge is -2.35. The molecular formula is C43H62N8O8. The number of carboxylic acids is 1. The smallest absolute Gasteiger partial charge is 0.408 e. The van der Waals surface area contributed by atoms with Crippen molar-refractivity contribution in [1.82, 2.24) is 35.2 Å². The highest BCUT2D eigenvalue weighted by Crippen LogP contribution is 2.46. The zero-order chi connectivity index (χ0) is 42.8. The van der Waals surface area contributed by atoms with E-state index in [9.17, 15) is 24.3 Å². The summed E-state index contributed by atoms with van der Waals surface area (Å²) in [7, 11) is 3.95. The van der Waals surface area contributed by atoms with Gasteiger partial charge in [0.1, 0.15) is 53.8 Å². The Hall–Kier alpha value is -5.12. The Bertz CT molecular complexity index is 2010. The van der Waals surface area contributed by atoms with Crippen LogP contribution in [0.5, 0.6) is 11.5 Å². The van der Waals surface area contributed by atoms with Gasteiger partial charge in [-0.2, -0.15) is 0 Å². The molecule has 3 aliphatic rings. The van der Waals surface area contributed by atoms with Crippen LogP contribution in [-0.4, -0.2) is 123 Å². The molecule has 6 rings (SSSR count). The number of fused-ring (bicyclic) bond motifs is 1. The number of carbonyl (C=O) groups excluding carboxylic acids is 3. The second-order valence-corrected chi connectivity index (χ2v) is 18.2. The monoisotopic (exact) mass is 818 g/mol. The molecule has 3 aromatic rings. The molecule has 59 heavy (non-hydrogen) atoms. The Morgan fingerprint density at radius 1 is 1.07 bits per heavy atom. The first kappa shape index (κ1) is 43.5. The van der Waals surface area contributed by atoms with Gasteiger partial charge in [0, 0.05) is 48.8 Å². The van der Waals surface area contributed by atoms with Crippen LogP contribution >= 0.6 is 0 Å². The van der Waals surface area contributed by atoms with Crippen LogP contribution in [0, 0.1) is 17.3 Å². The number of carboxylic acid groups (broad SMARTS) is 1. The maximum Gasteiger partial charge on any atom is 0.408 e. The minimum absolute atomic E-state index is 0.00719. The van der Waals surface area contributed by atoms with Gasteiger partial charge < -0.3 is 45.1 Å². The standard InChI is InChI=1S/C43H62N8O8/c1-10-27-23-43(27,40(54)55)47-38(52)33-21-30(24-50(33)39(53)37(42(5,6)7)46-41(56)59-29-12-11-26(4)19-29)58-34-22-36(51-16-15-35(48-51)44-25(2)3)45-32-20-28(13-14-31(32)34)57-18-17-49(8)9/h13-16,20,22,25-27,29-30,33,37H,10-12,17-19,21,23-24H2,1-9H3,(H,44,48)(H,46,56)(H,47,52)(H,54,55)/t26?,27-,29?,30-,33+,37-,43-/m1/s1. The van der Waals surface area contributed by atoms with Gasteiger partial charge in [0.05, 0.1) is 12.1 Å². The number of likely N-dealkylation sites (tertiary alicyclic amines) is 1. The van der Waals surface area contributed by atoms with E-state index in [1.165, 1.54) is 4.90 Å². The van der Waals surface area contributed by atoms with E-state index in [0.717, 1.165) is 25.8 Å². The number of hydrogen-bond donors (Lipinski definition) is 4. The lowest BCUT2D eigenvalue weighted by molar-refractivity contribution is -0.146. The number of nitrogens with one attached hydrogen (secondary N) is 3. The maximum absolute atomic E-state index is 14.7. The number of anilines is 1. The van der Waals surface area contributed by atoms with Crippen LogP contribution in [0.2, 0.25) is 0 Å². The summed E-state index contributed by atoms with van der Waals surface area (Å²) >= 11 is 0. The van der Waals surface area contributed by atoms with Crippen molar-refractivity contribution >= 4 is 40.6 Å². The Balaban J connectivity index is 1.32. The van der Waals surface area contributed by atoms with E-state index in [-0.39, 0.29) is 31.0 Å². The second-order valence-electron chi connectivity index (χ2n) is 18.2. The van der Waals surface area contributed by atoms with Gasteiger partial charge in [-0.1, -0.05) is 41.0 Å². The summed E-state index contributed by atoms with van der Waals surface area (Å²) in [5.41, 5.74) is -1.59. The highest BCUT2D eigenvalue weighted by molar-refractivity contribution is 5.96. The first-order valence-corrected chi connectivity index (χ1v) is 20.9. The fraction of sp³-hybridized carbons (Fsp3) is 0.628. The fourth-order valence-corrected chi connectivity index (χ4v) is 8.17. The molecule has 0 spiro atoms. The lowest BCUT2D eigenvalue weighted by Crippen LogP contribution is -2.59. The van der Waals surface area contributed by atoms with Crippen LogP contribution < -0.4 is 25.4 Å². The van der Waals surface area contributed by atoms with E-state index in [1.54, 1.807) is 16.9 Å². The number of alkyl carbamates (subject to hydrolysis) is 1. The number of ether oxygens (including phenoxy) is 3. The molecule has 3 heterocycles. The predicted octanol–water partition coefficient (Wildman–Crippen LogP) is 5.23. The van der Waals surface area contributed by atoms with E-state index in [0.29, 0.717) is 59.4 Å². The molecule has 16 nitrogen and oxygen atoms in total. The highest BCUT2D eigenvalue weighted by atomic mass is 16.6. The molecule has 1 aliphatic heterocycles. The van der Waals surface area contributed by atoms with Gasteiger partial charge in [-0.25, -0.2) is 19.3 Å². The van der Waals surface area contributed by atoms with E-state index in [1.807, 2.05) is 84.8 Å². The maximum atomic E-state index is 14.7. The summed E-state index contributed by atoms with van der Waals surface area (Å²) < 4.78 is 20.2. The van der Waals surface area contributed by atoms with E-state index in [2.05, 4.69) is 28.0 Å². The molecular weight excluding hydrogens is 757 g/mol. The van der Waals surface area contributed by atoms with Gasteiger partial charge in [-0.05, 0) is 83.0 Å². The van der Waals surface area contributed by atoms with Crippen molar-refractivity contribution in [1.29, 1.82) is 0 Å². The van der Waals surface area contributed by atoms with Crippen LogP contribution in [0.4, 0.5) is 10.6 Å². The number of likely N-dealkylation sites (N-methyl/N-ethyl adjacent to an activating group) is 1. The number of nitrogens with zero attached hydrogens (tertiary/aromatic N) is 5. The number of aromatic nitrogens is 3. The number of amides is 3. The summed E-state index contributed by atoms with van der Waals surface area (Å²) in [6.45, 7) is 14.8. The minimum Gasteiger partial charge on any atom is -0.492 e. The van der Waals surface area contributed by atoms with Crippen molar-refractivity contribution in [2.24, 2.45) is 17.3 Å². The number of carbonyl (C=O) groups is 4. The third-order valence-electron chi connectivity index (χ3n) is 11.6. The topological polar surface area (TPSA) is 189 Å². The van der Waals surface area contributed by atoms with Crippen LogP contribution in [0.3, 0.4) is 0 Å². The van der Waals surface area contributed by atoms with E-state index >= 15 is 0 Å². The number of hydrogen-bond acceptors (Lipinski definition) is 11. The number of rotatable bonds is 16. The summed E-state index contributed by atoms with van der Waals surface area (Å²) in [4.78, 5) is 63.1. The Morgan fingerprint density at radius 2 is 1.83 bits per heavy atom. The summed E-state index contributed by atoms with van der Waals surface area (Å²) in [6.07, 6.45) is 3.60. The van der Waals surface area contributed by atoms with Gasteiger partial charge in [0.25, 0.3) is 0 Å². The molecule has 4 N–H and O–H groups in total. The normalized spacial score (nSPS) is 24.6. The summed E-state index contributed by atoms with van der Waals surface area (Å²) in [5, 5.41) is 24.5. The third-order valence-corrected chi connectivity index (χ3v) is 11.6. The Kier molecular flexibility index (Phi) is 13.0. The molecule has 3 amide bonds. The molecule has 7 atom stereocenters. The molecule has 322 valence electrons. The zero-order valence-electron chi connectivity index (χ0n) is 35.9.